The Labute approximate surface area is 172 Å². The number of fused-ring (bicyclic) bond motifs is 3. The van der Waals surface area contributed by atoms with E-state index < -0.39 is 23.9 Å². The van der Waals surface area contributed by atoms with E-state index >= 15 is 0 Å². The van der Waals surface area contributed by atoms with Crippen molar-refractivity contribution in [3.8, 4) is 5.75 Å². The van der Waals surface area contributed by atoms with Gasteiger partial charge in [-0.25, -0.2) is 4.98 Å². The molecule has 8 nitrogen and oxygen atoms in total. The SMILES string of the molecule is NC(=O)c1cc2c([nH]c3ccccc32)c(C(=O)NNc2ccc(OC(F)(F)F)cc2)n1. The number of aromatic nitrogens is 2. The fourth-order valence-electron chi connectivity index (χ4n) is 3.06. The van der Waals surface area contributed by atoms with E-state index in [-0.39, 0.29) is 11.4 Å². The van der Waals surface area contributed by atoms with Gasteiger partial charge in [0.15, 0.2) is 5.69 Å². The molecule has 2 aromatic heterocycles. The molecular weight excluding hydrogens is 415 g/mol. The van der Waals surface area contributed by atoms with Crippen LogP contribution >= 0.6 is 0 Å². The molecule has 2 aromatic carbocycles. The van der Waals surface area contributed by atoms with Crippen LogP contribution in [-0.4, -0.2) is 28.1 Å². The molecule has 0 bridgehead atoms. The Morgan fingerprint density at radius 3 is 2.42 bits per heavy atom. The van der Waals surface area contributed by atoms with Crippen molar-refractivity contribution in [3.63, 3.8) is 0 Å². The zero-order valence-electron chi connectivity index (χ0n) is 15.6. The Kier molecular flexibility index (Phi) is 4.85. The van der Waals surface area contributed by atoms with Gasteiger partial charge < -0.3 is 15.5 Å². The smallest absolute Gasteiger partial charge is 0.406 e. The van der Waals surface area contributed by atoms with Gasteiger partial charge in [-0.15, -0.1) is 13.2 Å². The molecule has 2 amide bonds. The molecule has 0 radical (unpaired) electrons. The van der Waals surface area contributed by atoms with Crippen molar-refractivity contribution in [2.45, 2.75) is 6.36 Å². The topological polar surface area (TPSA) is 122 Å². The number of hydrogen-bond acceptors (Lipinski definition) is 5. The predicted octanol–water partition coefficient (Wildman–Crippen LogP) is 3.47. The molecule has 0 atom stereocenters. The highest BCUT2D eigenvalue weighted by atomic mass is 19.4. The van der Waals surface area contributed by atoms with Crippen LogP contribution in [-0.2, 0) is 0 Å². The molecule has 31 heavy (non-hydrogen) atoms. The first-order valence-electron chi connectivity index (χ1n) is 8.85. The fourth-order valence-corrected chi connectivity index (χ4v) is 3.06. The van der Waals surface area contributed by atoms with Crippen LogP contribution in [0.3, 0.4) is 0 Å². The number of nitrogens with one attached hydrogen (secondary N) is 3. The summed E-state index contributed by atoms with van der Waals surface area (Å²) in [7, 11) is 0. The van der Waals surface area contributed by atoms with E-state index in [1.807, 2.05) is 24.3 Å². The monoisotopic (exact) mass is 429 g/mol. The molecule has 5 N–H and O–H groups in total. The number of alkyl halides is 3. The highest BCUT2D eigenvalue weighted by Crippen LogP contribution is 2.28. The molecule has 0 spiro atoms. The summed E-state index contributed by atoms with van der Waals surface area (Å²) in [6.45, 7) is 0. The molecule has 0 saturated carbocycles. The number of H-pyrrole nitrogens is 1. The van der Waals surface area contributed by atoms with Gasteiger partial charge in [0.05, 0.1) is 11.2 Å². The summed E-state index contributed by atoms with van der Waals surface area (Å²) < 4.78 is 40.5. The van der Waals surface area contributed by atoms with Crippen molar-refractivity contribution < 1.29 is 27.5 Å². The van der Waals surface area contributed by atoms with Crippen LogP contribution in [0, 0.1) is 0 Å². The summed E-state index contributed by atoms with van der Waals surface area (Å²) in [5, 5.41) is 1.38. The average Bonchev–Trinajstić information content (AvgIpc) is 3.10. The number of ether oxygens (including phenoxy) is 1. The van der Waals surface area contributed by atoms with Crippen molar-refractivity contribution in [3.05, 3.63) is 66.0 Å². The highest BCUT2D eigenvalue weighted by Gasteiger charge is 2.31. The number of hydrazine groups is 1. The second-order valence-electron chi connectivity index (χ2n) is 6.46. The van der Waals surface area contributed by atoms with Crippen molar-refractivity contribution in [1.29, 1.82) is 0 Å². The maximum absolute atomic E-state index is 12.8. The second-order valence-corrected chi connectivity index (χ2v) is 6.46. The lowest BCUT2D eigenvalue weighted by atomic mass is 10.1. The minimum absolute atomic E-state index is 0.0768. The van der Waals surface area contributed by atoms with Gasteiger partial charge in [0.1, 0.15) is 11.4 Å². The summed E-state index contributed by atoms with van der Waals surface area (Å²) in [6.07, 6.45) is -4.80. The summed E-state index contributed by atoms with van der Waals surface area (Å²) in [6, 6.07) is 13.5. The number of carbonyl (C=O) groups excluding carboxylic acids is 2. The number of amides is 2. The van der Waals surface area contributed by atoms with Gasteiger partial charge in [0.25, 0.3) is 11.8 Å². The van der Waals surface area contributed by atoms with Gasteiger partial charge in [-0.05, 0) is 36.4 Å². The molecule has 0 aliphatic rings. The molecule has 0 aliphatic heterocycles. The van der Waals surface area contributed by atoms with E-state index in [4.69, 9.17) is 5.73 Å². The van der Waals surface area contributed by atoms with Gasteiger partial charge in [-0.2, -0.15) is 0 Å². The maximum atomic E-state index is 12.8. The number of rotatable bonds is 5. The number of nitrogens with zero attached hydrogens (tertiary/aromatic N) is 1. The normalized spacial score (nSPS) is 11.5. The molecule has 0 fully saturated rings. The number of nitrogens with two attached hydrogens (primary N) is 1. The number of primary amides is 1. The van der Waals surface area contributed by atoms with E-state index in [9.17, 15) is 22.8 Å². The van der Waals surface area contributed by atoms with Gasteiger partial charge in [-0.3, -0.25) is 20.4 Å². The molecule has 11 heteroatoms. The minimum atomic E-state index is -4.80. The minimum Gasteiger partial charge on any atom is -0.406 e. The second kappa shape index (κ2) is 7.52. The molecular formula is C20H14F3N5O3. The third kappa shape index (κ3) is 4.20. The molecule has 0 saturated heterocycles. The van der Waals surface area contributed by atoms with Gasteiger partial charge >= 0.3 is 6.36 Å². The van der Waals surface area contributed by atoms with Crippen LogP contribution in [0.25, 0.3) is 21.8 Å². The molecule has 2 heterocycles. The van der Waals surface area contributed by atoms with E-state index in [1.54, 1.807) is 0 Å². The number of benzene rings is 2. The van der Waals surface area contributed by atoms with Crippen LogP contribution in [0.4, 0.5) is 18.9 Å². The van der Waals surface area contributed by atoms with Crippen molar-refractivity contribution in [2.24, 2.45) is 5.73 Å². The summed E-state index contributed by atoms with van der Waals surface area (Å²) in [5.41, 5.74) is 11.6. The zero-order chi connectivity index (χ0) is 22.2. The number of carbonyl (C=O) groups is 2. The lowest BCUT2D eigenvalue weighted by molar-refractivity contribution is -0.274. The van der Waals surface area contributed by atoms with Crippen LogP contribution < -0.4 is 21.3 Å². The molecule has 158 valence electrons. The number of pyridine rings is 1. The van der Waals surface area contributed by atoms with Crippen molar-refractivity contribution in [2.75, 3.05) is 5.43 Å². The summed E-state index contributed by atoms with van der Waals surface area (Å²) in [4.78, 5) is 31.6. The largest absolute Gasteiger partial charge is 0.573 e. The number of anilines is 1. The average molecular weight is 429 g/mol. The molecule has 0 aliphatic carbocycles. The summed E-state index contributed by atoms with van der Waals surface area (Å²) in [5.74, 6) is -1.88. The van der Waals surface area contributed by atoms with Crippen molar-refractivity contribution in [1.82, 2.24) is 15.4 Å². The number of para-hydroxylation sites is 1. The van der Waals surface area contributed by atoms with Crippen LogP contribution in [0.1, 0.15) is 21.0 Å². The first-order valence-corrected chi connectivity index (χ1v) is 8.85. The first kappa shape index (κ1) is 20.0. The number of aromatic amines is 1. The van der Waals surface area contributed by atoms with Gasteiger partial charge in [0, 0.05) is 16.3 Å². The van der Waals surface area contributed by atoms with E-state index in [1.165, 1.54) is 18.2 Å². The Morgan fingerprint density at radius 1 is 1.03 bits per heavy atom. The van der Waals surface area contributed by atoms with Gasteiger partial charge in [-0.1, -0.05) is 18.2 Å². The highest BCUT2D eigenvalue weighted by molar-refractivity contribution is 6.15. The van der Waals surface area contributed by atoms with E-state index in [0.29, 0.717) is 16.6 Å². The van der Waals surface area contributed by atoms with Crippen LogP contribution in [0.15, 0.2) is 54.6 Å². The maximum Gasteiger partial charge on any atom is 0.573 e. The standard InChI is InChI=1S/C20H14F3N5O3/c21-20(22,23)31-11-7-5-10(6-8-11)27-28-19(30)17-16-13(9-15(26-17)18(24)29)12-3-1-2-4-14(12)25-16/h1-9,25,27H,(H2,24,29)(H,28,30). The fraction of sp³-hybridized carbons (Fsp3) is 0.0500. The van der Waals surface area contributed by atoms with E-state index in [0.717, 1.165) is 23.0 Å². The van der Waals surface area contributed by atoms with Crippen LogP contribution in [0.5, 0.6) is 5.75 Å². The number of hydrogen-bond donors (Lipinski definition) is 4. The quantitative estimate of drug-likeness (QED) is 0.362. The Bertz CT molecular complexity index is 1300. The Morgan fingerprint density at radius 2 is 1.74 bits per heavy atom. The van der Waals surface area contributed by atoms with E-state index in [2.05, 4.69) is 25.6 Å². The van der Waals surface area contributed by atoms with Crippen molar-refractivity contribution >= 4 is 39.3 Å². The zero-order valence-corrected chi connectivity index (χ0v) is 15.6. The van der Waals surface area contributed by atoms with Crippen LogP contribution in [0.2, 0.25) is 0 Å². The Balaban J connectivity index is 1.61. The van der Waals surface area contributed by atoms with Gasteiger partial charge in [0.2, 0.25) is 0 Å². The lowest BCUT2D eigenvalue weighted by Crippen LogP contribution is -2.31. The molecule has 4 aromatic rings. The third-order valence-electron chi connectivity index (χ3n) is 4.37. The predicted molar refractivity (Wildman–Crippen MR) is 106 cm³/mol. The molecule has 4 rings (SSSR count). The third-order valence-corrected chi connectivity index (χ3v) is 4.37. The Hall–Kier alpha value is -4.28. The molecule has 0 unspecified atom stereocenters. The summed E-state index contributed by atoms with van der Waals surface area (Å²) >= 11 is 0. The lowest BCUT2D eigenvalue weighted by Gasteiger charge is -2.11. The number of halogens is 3. The first-order chi connectivity index (χ1) is 14.7.